The van der Waals surface area contributed by atoms with Gasteiger partial charge >= 0.3 is 0 Å². The molecule has 0 radical (unpaired) electrons. The number of fused-ring (bicyclic) bond motifs is 3. The van der Waals surface area contributed by atoms with Crippen LogP contribution in [0.1, 0.15) is 5.56 Å². The first kappa shape index (κ1) is 21.9. The fraction of sp³-hybridized carbons (Fsp3) is 0.261. The van der Waals surface area contributed by atoms with Gasteiger partial charge in [0.2, 0.25) is 0 Å². The van der Waals surface area contributed by atoms with E-state index in [1.807, 2.05) is 6.07 Å². The smallest absolute Gasteiger partial charge is 0.270 e. The molecule has 5 rings (SSSR count). The standard InChI is InChI=1S/C23H19F4N7/c1-30-16-3-15(24)19(25)17-18-21(34-9-13(5-29)23(26,27)10-34)14(8-32-22(18)33-20(16)17)12-2-11(4-28)6-31-7-12/h2-3,6-8,13,30H,5,9-10,29H2,1H3,(H,32,33). The number of nitrogens with zero attached hydrogens (tertiary/aromatic N) is 4. The summed E-state index contributed by atoms with van der Waals surface area (Å²) >= 11 is 0. The van der Waals surface area contributed by atoms with E-state index >= 15 is 4.39 Å². The molecule has 0 aliphatic carbocycles. The maximum atomic E-state index is 15.2. The highest BCUT2D eigenvalue weighted by Crippen LogP contribution is 2.46. The summed E-state index contributed by atoms with van der Waals surface area (Å²) in [7, 11) is 1.56. The molecule has 4 N–H and O–H groups in total. The first-order valence-corrected chi connectivity index (χ1v) is 10.5. The molecule has 1 fully saturated rings. The van der Waals surface area contributed by atoms with Crippen molar-refractivity contribution in [2.75, 3.05) is 36.9 Å². The molecule has 0 spiro atoms. The minimum atomic E-state index is -3.08. The van der Waals surface area contributed by atoms with E-state index < -0.39 is 30.0 Å². The minimum Gasteiger partial charge on any atom is -0.386 e. The summed E-state index contributed by atoms with van der Waals surface area (Å²) in [5.41, 5.74) is 7.66. The number of alkyl halides is 2. The molecule has 1 aliphatic heterocycles. The monoisotopic (exact) mass is 469 g/mol. The summed E-state index contributed by atoms with van der Waals surface area (Å²) in [6, 6.07) is 4.55. The number of rotatable bonds is 4. The lowest BCUT2D eigenvalue weighted by molar-refractivity contribution is -0.0170. The second-order valence-corrected chi connectivity index (χ2v) is 8.24. The Morgan fingerprint density at radius 1 is 1.26 bits per heavy atom. The molecule has 174 valence electrons. The fourth-order valence-electron chi connectivity index (χ4n) is 4.59. The van der Waals surface area contributed by atoms with E-state index in [0.717, 1.165) is 6.07 Å². The van der Waals surface area contributed by atoms with Gasteiger partial charge in [-0.15, -0.1) is 0 Å². The quantitative estimate of drug-likeness (QED) is 0.390. The Morgan fingerprint density at radius 3 is 2.74 bits per heavy atom. The number of nitrogens with one attached hydrogen (secondary N) is 2. The maximum Gasteiger partial charge on any atom is 0.270 e. The van der Waals surface area contributed by atoms with Crippen molar-refractivity contribution >= 4 is 33.3 Å². The van der Waals surface area contributed by atoms with Crippen LogP contribution in [0.25, 0.3) is 33.1 Å². The van der Waals surface area contributed by atoms with Crippen LogP contribution >= 0.6 is 0 Å². The van der Waals surface area contributed by atoms with Gasteiger partial charge in [0.15, 0.2) is 11.6 Å². The van der Waals surface area contributed by atoms with Crippen LogP contribution in [0, 0.1) is 28.9 Å². The van der Waals surface area contributed by atoms with E-state index in [2.05, 4.69) is 20.3 Å². The van der Waals surface area contributed by atoms with E-state index in [1.54, 1.807) is 13.1 Å². The van der Waals surface area contributed by atoms with Crippen LogP contribution in [0.3, 0.4) is 0 Å². The van der Waals surface area contributed by atoms with Gasteiger partial charge in [-0.25, -0.2) is 22.5 Å². The highest BCUT2D eigenvalue weighted by molar-refractivity contribution is 6.18. The zero-order valence-corrected chi connectivity index (χ0v) is 18.0. The van der Waals surface area contributed by atoms with Crippen molar-refractivity contribution in [3.63, 3.8) is 0 Å². The predicted molar refractivity (Wildman–Crippen MR) is 121 cm³/mol. The van der Waals surface area contributed by atoms with Crippen LogP contribution in [-0.4, -0.2) is 47.6 Å². The summed E-state index contributed by atoms with van der Waals surface area (Å²) < 4.78 is 59.2. The van der Waals surface area contributed by atoms with Crippen molar-refractivity contribution in [1.29, 1.82) is 5.26 Å². The minimum absolute atomic E-state index is 0.0938. The second-order valence-electron chi connectivity index (χ2n) is 8.24. The molecule has 1 atom stereocenters. The number of aromatic nitrogens is 3. The van der Waals surface area contributed by atoms with Gasteiger partial charge in [-0.2, -0.15) is 5.26 Å². The highest BCUT2D eigenvalue weighted by Gasteiger charge is 2.48. The van der Waals surface area contributed by atoms with Gasteiger partial charge in [-0.1, -0.05) is 0 Å². The average Bonchev–Trinajstić information content (AvgIpc) is 3.37. The van der Waals surface area contributed by atoms with E-state index in [0.29, 0.717) is 16.8 Å². The van der Waals surface area contributed by atoms with Crippen LogP contribution in [0.4, 0.5) is 28.9 Å². The highest BCUT2D eigenvalue weighted by atomic mass is 19.3. The molecule has 11 heteroatoms. The van der Waals surface area contributed by atoms with Crippen molar-refractivity contribution in [3.05, 3.63) is 47.9 Å². The van der Waals surface area contributed by atoms with Crippen LogP contribution in [-0.2, 0) is 0 Å². The summed E-state index contributed by atoms with van der Waals surface area (Å²) in [6.45, 7) is -0.988. The third-order valence-corrected chi connectivity index (χ3v) is 6.25. The maximum absolute atomic E-state index is 15.2. The van der Waals surface area contributed by atoms with Gasteiger partial charge in [0, 0.05) is 55.9 Å². The normalized spacial score (nSPS) is 17.4. The largest absolute Gasteiger partial charge is 0.386 e. The SMILES string of the molecule is CNc1cc(F)c(F)c2c1[nH]c1ncc(-c3cncc(C#N)c3)c(N3CC(CN)C(F)(F)C3)c12. The van der Waals surface area contributed by atoms with Gasteiger partial charge in [0.1, 0.15) is 11.7 Å². The predicted octanol–water partition coefficient (Wildman–Crippen LogP) is 4.00. The molecule has 0 bridgehead atoms. The van der Waals surface area contributed by atoms with Crippen molar-refractivity contribution in [2.24, 2.45) is 11.7 Å². The number of nitriles is 1. The first-order chi connectivity index (χ1) is 16.3. The molecule has 0 amide bonds. The summed E-state index contributed by atoms with van der Waals surface area (Å²) in [5.74, 6) is -6.41. The van der Waals surface area contributed by atoms with Crippen LogP contribution < -0.4 is 16.0 Å². The Morgan fingerprint density at radius 2 is 2.06 bits per heavy atom. The Hall–Kier alpha value is -3.91. The van der Waals surface area contributed by atoms with Crippen molar-refractivity contribution in [3.8, 4) is 17.2 Å². The molecule has 3 aromatic heterocycles. The molecule has 1 aliphatic rings. The lowest BCUT2D eigenvalue weighted by Gasteiger charge is -2.23. The van der Waals surface area contributed by atoms with Crippen molar-refractivity contribution in [2.45, 2.75) is 5.92 Å². The Kier molecular flexibility index (Phi) is 5.06. The second kappa shape index (κ2) is 7.85. The number of benzene rings is 1. The zero-order chi connectivity index (χ0) is 24.2. The molecule has 1 aromatic carbocycles. The molecule has 1 unspecified atom stereocenters. The Balaban J connectivity index is 1.89. The van der Waals surface area contributed by atoms with E-state index in [9.17, 15) is 18.4 Å². The zero-order valence-electron chi connectivity index (χ0n) is 18.0. The van der Waals surface area contributed by atoms with Gasteiger partial charge in [0.05, 0.1) is 45.7 Å². The Labute approximate surface area is 191 Å². The van der Waals surface area contributed by atoms with Crippen molar-refractivity contribution in [1.82, 2.24) is 15.0 Å². The number of aromatic amines is 1. The summed E-state index contributed by atoms with van der Waals surface area (Å²) in [5, 5.41) is 12.2. The fourth-order valence-corrected chi connectivity index (χ4v) is 4.59. The van der Waals surface area contributed by atoms with Crippen LogP contribution in [0.5, 0.6) is 0 Å². The molecule has 4 aromatic rings. The number of hydrogen-bond acceptors (Lipinski definition) is 6. The molecule has 4 heterocycles. The van der Waals surface area contributed by atoms with Crippen LogP contribution in [0.2, 0.25) is 0 Å². The van der Waals surface area contributed by atoms with E-state index in [4.69, 9.17) is 5.73 Å². The molecule has 1 saturated heterocycles. The van der Waals surface area contributed by atoms with Gasteiger partial charge in [-0.3, -0.25) is 4.98 Å². The molecule has 0 saturated carbocycles. The molecular formula is C23H19F4N7. The number of hydrogen-bond donors (Lipinski definition) is 3. The lowest BCUT2D eigenvalue weighted by Crippen LogP contribution is -2.32. The van der Waals surface area contributed by atoms with Crippen LogP contribution in [0.15, 0.2) is 30.7 Å². The third-order valence-electron chi connectivity index (χ3n) is 6.25. The molecular weight excluding hydrogens is 450 g/mol. The Bertz CT molecular complexity index is 1470. The first-order valence-electron chi connectivity index (χ1n) is 10.5. The van der Waals surface area contributed by atoms with Gasteiger partial charge in [-0.05, 0) is 6.07 Å². The lowest BCUT2D eigenvalue weighted by atomic mass is 10.0. The number of H-pyrrole nitrogens is 1. The number of anilines is 2. The third kappa shape index (κ3) is 3.21. The summed E-state index contributed by atoms with van der Waals surface area (Å²) in [6.07, 6.45) is 4.28. The van der Waals surface area contributed by atoms with Gasteiger partial charge in [0.25, 0.3) is 5.92 Å². The molecule has 34 heavy (non-hydrogen) atoms. The average molecular weight is 469 g/mol. The van der Waals surface area contributed by atoms with E-state index in [-0.39, 0.29) is 46.3 Å². The summed E-state index contributed by atoms with van der Waals surface area (Å²) in [4.78, 5) is 12.9. The number of halogens is 4. The topological polar surface area (TPSA) is 107 Å². The number of nitrogens with two attached hydrogens (primary N) is 1. The van der Waals surface area contributed by atoms with Crippen molar-refractivity contribution < 1.29 is 17.6 Å². The number of pyridine rings is 2. The van der Waals surface area contributed by atoms with Gasteiger partial charge < -0.3 is 20.9 Å². The van der Waals surface area contributed by atoms with E-state index in [1.165, 1.54) is 23.5 Å². The molecule has 7 nitrogen and oxygen atoms in total.